The highest BCUT2D eigenvalue weighted by Crippen LogP contribution is 2.44. The molecule has 4 nitrogen and oxygen atoms in total. The van der Waals surface area contributed by atoms with Crippen molar-refractivity contribution >= 4 is 5.78 Å². The maximum absolute atomic E-state index is 13.1. The summed E-state index contributed by atoms with van der Waals surface area (Å²) in [5, 5.41) is 6.57. The Labute approximate surface area is 109 Å². The first kappa shape index (κ1) is 14.0. The SMILES string of the molecule is Cn1cc(CCC(=O)C2(C(F)(F)F)CCNC2)cn1. The van der Waals surface area contributed by atoms with Crippen LogP contribution in [0, 0.1) is 5.41 Å². The maximum Gasteiger partial charge on any atom is 0.402 e. The lowest BCUT2D eigenvalue weighted by Crippen LogP contribution is -2.46. The molecule has 1 N–H and O–H groups in total. The highest BCUT2D eigenvalue weighted by molar-refractivity contribution is 5.86. The molecule has 0 spiro atoms. The van der Waals surface area contributed by atoms with Crippen LogP contribution in [-0.4, -0.2) is 34.8 Å². The van der Waals surface area contributed by atoms with Gasteiger partial charge in [0.15, 0.2) is 0 Å². The number of aryl methyl sites for hydroxylation is 2. The zero-order chi connectivity index (χ0) is 14.1. The number of nitrogens with one attached hydrogen (secondary N) is 1. The van der Waals surface area contributed by atoms with Crippen molar-refractivity contribution in [2.45, 2.75) is 25.4 Å². The number of ketones is 1. The first-order chi connectivity index (χ1) is 8.85. The van der Waals surface area contributed by atoms with Crippen LogP contribution >= 0.6 is 0 Å². The van der Waals surface area contributed by atoms with Gasteiger partial charge in [-0.15, -0.1) is 0 Å². The summed E-state index contributed by atoms with van der Waals surface area (Å²) in [6.45, 7) is -0.0689. The van der Waals surface area contributed by atoms with Crippen LogP contribution in [0.5, 0.6) is 0 Å². The van der Waals surface area contributed by atoms with Gasteiger partial charge in [-0.1, -0.05) is 0 Å². The highest BCUT2D eigenvalue weighted by Gasteiger charge is 2.60. The Bertz CT molecular complexity index is 461. The molecule has 2 heterocycles. The van der Waals surface area contributed by atoms with Crippen LogP contribution in [0.4, 0.5) is 13.2 Å². The molecule has 1 unspecified atom stereocenters. The van der Waals surface area contributed by atoms with E-state index in [1.807, 2.05) is 0 Å². The first-order valence-electron chi connectivity index (χ1n) is 6.13. The molecule has 106 valence electrons. The molecule has 1 aliphatic heterocycles. The van der Waals surface area contributed by atoms with Crippen molar-refractivity contribution in [1.29, 1.82) is 0 Å². The van der Waals surface area contributed by atoms with Crippen molar-refractivity contribution in [3.8, 4) is 0 Å². The van der Waals surface area contributed by atoms with E-state index in [9.17, 15) is 18.0 Å². The Kier molecular flexibility index (Phi) is 3.66. The molecule has 19 heavy (non-hydrogen) atoms. The van der Waals surface area contributed by atoms with Crippen LogP contribution in [0.2, 0.25) is 0 Å². The zero-order valence-corrected chi connectivity index (χ0v) is 10.6. The van der Waals surface area contributed by atoms with Gasteiger partial charge in [0.2, 0.25) is 0 Å². The van der Waals surface area contributed by atoms with Gasteiger partial charge in [-0.2, -0.15) is 18.3 Å². The molecular formula is C12H16F3N3O. The molecule has 2 rings (SSSR count). The van der Waals surface area contributed by atoms with Crippen LogP contribution < -0.4 is 5.32 Å². The van der Waals surface area contributed by atoms with Crippen LogP contribution in [0.15, 0.2) is 12.4 Å². The van der Waals surface area contributed by atoms with Crippen molar-refractivity contribution in [2.24, 2.45) is 12.5 Å². The number of Topliss-reactive ketones (excluding diaryl/α,β-unsaturated/α-hetero) is 1. The third-order valence-electron chi connectivity index (χ3n) is 3.63. The van der Waals surface area contributed by atoms with Crippen LogP contribution in [0.25, 0.3) is 0 Å². The smallest absolute Gasteiger partial charge is 0.315 e. The van der Waals surface area contributed by atoms with Crippen LogP contribution in [0.3, 0.4) is 0 Å². The second-order valence-electron chi connectivity index (χ2n) is 4.95. The number of alkyl halides is 3. The number of carbonyl (C=O) groups excluding carboxylic acids is 1. The van der Waals surface area contributed by atoms with Crippen molar-refractivity contribution < 1.29 is 18.0 Å². The number of nitrogens with zero attached hydrogens (tertiary/aromatic N) is 2. The lowest BCUT2D eigenvalue weighted by Gasteiger charge is -2.29. The predicted octanol–water partition coefficient (Wildman–Crippen LogP) is 1.46. The second-order valence-corrected chi connectivity index (χ2v) is 4.95. The van der Waals surface area contributed by atoms with Crippen LogP contribution in [0.1, 0.15) is 18.4 Å². The lowest BCUT2D eigenvalue weighted by molar-refractivity contribution is -0.214. The Morgan fingerprint density at radius 3 is 2.79 bits per heavy atom. The van der Waals surface area contributed by atoms with E-state index in [1.165, 1.54) is 0 Å². The molecule has 0 radical (unpaired) electrons. The Balaban J connectivity index is 2.05. The summed E-state index contributed by atoms with van der Waals surface area (Å²) in [6.07, 6.45) is -1.18. The van der Waals surface area contributed by atoms with E-state index in [1.54, 1.807) is 24.1 Å². The fourth-order valence-corrected chi connectivity index (χ4v) is 2.43. The number of halogens is 3. The molecule has 1 aromatic heterocycles. The minimum absolute atomic E-state index is 0.104. The average molecular weight is 275 g/mol. The topological polar surface area (TPSA) is 46.9 Å². The molecule has 1 aliphatic rings. The summed E-state index contributed by atoms with van der Waals surface area (Å²) in [4.78, 5) is 12.0. The van der Waals surface area contributed by atoms with Crippen molar-refractivity contribution in [1.82, 2.24) is 15.1 Å². The molecule has 0 aliphatic carbocycles. The Morgan fingerprint density at radius 1 is 1.58 bits per heavy atom. The van der Waals surface area contributed by atoms with Crippen molar-refractivity contribution in [3.05, 3.63) is 18.0 Å². The Hall–Kier alpha value is -1.37. The fraction of sp³-hybridized carbons (Fsp3) is 0.667. The van der Waals surface area contributed by atoms with Gasteiger partial charge >= 0.3 is 6.18 Å². The molecule has 0 bridgehead atoms. The number of hydrogen-bond donors (Lipinski definition) is 1. The molecular weight excluding hydrogens is 259 g/mol. The third-order valence-corrected chi connectivity index (χ3v) is 3.63. The predicted molar refractivity (Wildman–Crippen MR) is 62.5 cm³/mol. The molecule has 1 atom stereocenters. The number of hydrogen-bond acceptors (Lipinski definition) is 3. The standard InChI is InChI=1S/C12H16F3N3O/c1-18-7-9(6-17-18)2-3-10(19)11(12(13,14)15)4-5-16-8-11/h6-7,16H,2-5,8H2,1H3. The van der Waals surface area contributed by atoms with E-state index in [2.05, 4.69) is 10.4 Å². The van der Waals surface area contributed by atoms with E-state index in [0.29, 0.717) is 6.42 Å². The number of rotatable bonds is 4. The summed E-state index contributed by atoms with van der Waals surface area (Å²) < 4.78 is 40.9. The third kappa shape index (κ3) is 2.65. The second kappa shape index (κ2) is 4.96. The Morgan fingerprint density at radius 2 is 2.32 bits per heavy atom. The summed E-state index contributed by atoms with van der Waals surface area (Å²) in [7, 11) is 1.73. The molecule has 1 fully saturated rings. The molecule has 7 heteroatoms. The van der Waals surface area contributed by atoms with Gasteiger partial charge in [-0.05, 0) is 24.9 Å². The van der Waals surface area contributed by atoms with Crippen LogP contribution in [-0.2, 0) is 18.3 Å². The van der Waals surface area contributed by atoms with Crippen molar-refractivity contribution in [3.63, 3.8) is 0 Å². The number of carbonyl (C=O) groups is 1. The van der Waals surface area contributed by atoms with E-state index in [-0.39, 0.29) is 25.9 Å². The summed E-state index contributed by atoms with van der Waals surface area (Å²) in [5.74, 6) is -0.728. The molecule has 0 saturated carbocycles. The average Bonchev–Trinajstić information content (AvgIpc) is 2.94. The largest absolute Gasteiger partial charge is 0.402 e. The maximum atomic E-state index is 13.1. The van der Waals surface area contributed by atoms with Crippen molar-refractivity contribution in [2.75, 3.05) is 13.1 Å². The van der Waals surface area contributed by atoms with Gasteiger partial charge in [0.05, 0.1) is 6.20 Å². The van der Waals surface area contributed by atoms with Gasteiger partial charge in [0.25, 0.3) is 0 Å². The minimum atomic E-state index is -4.48. The lowest BCUT2D eigenvalue weighted by atomic mass is 9.79. The fourth-order valence-electron chi connectivity index (χ4n) is 2.43. The van der Waals surface area contributed by atoms with E-state index in [4.69, 9.17) is 0 Å². The normalized spacial score (nSPS) is 23.8. The monoisotopic (exact) mass is 275 g/mol. The molecule has 1 aromatic rings. The summed E-state index contributed by atoms with van der Waals surface area (Å²) in [6, 6.07) is 0. The van der Waals surface area contributed by atoms with Gasteiger partial charge in [0, 0.05) is 26.2 Å². The zero-order valence-electron chi connectivity index (χ0n) is 10.6. The first-order valence-corrected chi connectivity index (χ1v) is 6.13. The molecule has 0 aromatic carbocycles. The minimum Gasteiger partial charge on any atom is -0.315 e. The molecule has 0 amide bonds. The van der Waals surface area contributed by atoms with Gasteiger partial charge in [0.1, 0.15) is 11.2 Å². The van der Waals surface area contributed by atoms with E-state index < -0.39 is 17.4 Å². The number of aromatic nitrogens is 2. The van der Waals surface area contributed by atoms with E-state index in [0.717, 1.165) is 5.56 Å². The highest BCUT2D eigenvalue weighted by atomic mass is 19.4. The molecule has 1 saturated heterocycles. The quantitative estimate of drug-likeness (QED) is 0.905. The summed E-state index contributed by atoms with van der Waals surface area (Å²) >= 11 is 0. The summed E-state index contributed by atoms with van der Waals surface area (Å²) in [5.41, 5.74) is -1.42. The van der Waals surface area contributed by atoms with Gasteiger partial charge < -0.3 is 5.32 Å². The van der Waals surface area contributed by atoms with Gasteiger partial charge in [-0.25, -0.2) is 0 Å². The van der Waals surface area contributed by atoms with E-state index >= 15 is 0 Å². The van der Waals surface area contributed by atoms with Gasteiger partial charge in [-0.3, -0.25) is 9.48 Å².